The highest BCUT2D eigenvalue weighted by Crippen LogP contribution is 2.35. The maximum Gasteiger partial charge on any atom is 0.416 e. The predicted molar refractivity (Wildman–Crippen MR) is 127 cm³/mol. The van der Waals surface area contributed by atoms with Crippen LogP contribution in [0.15, 0.2) is 42.5 Å². The molecule has 3 fully saturated rings. The van der Waals surface area contributed by atoms with Crippen LogP contribution in [0.4, 0.5) is 18.9 Å². The second kappa shape index (κ2) is 9.91. The Labute approximate surface area is 207 Å². The fourth-order valence-electron chi connectivity index (χ4n) is 4.89. The van der Waals surface area contributed by atoms with Crippen LogP contribution in [-0.2, 0) is 16.5 Å². The fraction of sp³-hybridized carbons (Fsp3) is 0.500. The first-order chi connectivity index (χ1) is 17.2. The molecule has 0 radical (unpaired) electrons. The highest BCUT2D eigenvalue weighted by Gasteiger charge is 2.39. The van der Waals surface area contributed by atoms with E-state index in [0.29, 0.717) is 37.2 Å². The van der Waals surface area contributed by atoms with Gasteiger partial charge in [-0.25, -0.2) is 0 Å². The molecule has 5 rings (SSSR count). The molecular weight excluding hydrogens is 475 g/mol. The summed E-state index contributed by atoms with van der Waals surface area (Å²) in [7, 11) is 0. The Morgan fingerprint density at radius 1 is 1.03 bits per heavy atom. The number of likely N-dealkylation sites (tertiary alicyclic amines) is 1. The van der Waals surface area contributed by atoms with E-state index in [1.54, 1.807) is 11.0 Å². The Bertz CT molecular complexity index is 1070. The number of nitrogens with zero attached hydrogens (tertiary/aromatic N) is 2. The molecule has 2 aromatic rings. The van der Waals surface area contributed by atoms with E-state index >= 15 is 0 Å². The van der Waals surface area contributed by atoms with E-state index in [9.17, 15) is 23.1 Å². The minimum Gasteiger partial charge on any atom is -0.490 e. The Morgan fingerprint density at radius 3 is 2.28 bits per heavy atom. The van der Waals surface area contributed by atoms with Gasteiger partial charge in [-0.05, 0) is 42.0 Å². The largest absolute Gasteiger partial charge is 0.490 e. The summed E-state index contributed by atoms with van der Waals surface area (Å²) in [6.07, 6.45) is -3.38. The van der Waals surface area contributed by atoms with Crippen molar-refractivity contribution in [2.75, 3.05) is 57.4 Å². The van der Waals surface area contributed by atoms with Crippen LogP contribution in [0.5, 0.6) is 5.75 Å². The van der Waals surface area contributed by atoms with Crippen LogP contribution in [0.1, 0.15) is 34.3 Å². The summed E-state index contributed by atoms with van der Waals surface area (Å²) in [4.78, 5) is 17.5. The molecule has 0 atom stereocenters. The molecule has 3 aliphatic rings. The zero-order chi connectivity index (χ0) is 25.3. The molecule has 0 unspecified atom stereocenters. The SMILES string of the molecule is O=C(c1ccc(C2(O)COC2)cc1N1CCNCC1)N1CCC(Oc2ccc(C(F)(F)F)cc2)CC1. The number of aliphatic hydroxyl groups is 1. The van der Waals surface area contributed by atoms with Crippen LogP contribution in [0.3, 0.4) is 0 Å². The van der Waals surface area contributed by atoms with Crippen LogP contribution in [0, 0.1) is 0 Å². The van der Waals surface area contributed by atoms with E-state index in [-0.39, 0.29) is 25.2 Å². The minimum absolute atomic E-state index is 0.0695. The van der Waals surface area contributed by atoms with Gasteiger partial charge in [-0.15, -0.1) is 0 Å². The maximum absolute atomic E-state index is 13.6. The number of carbonyl (C=O) groups excluding carboxylic acids is 1. The summed E-state index contributed by atoms with van der Waals surface area (Å²) in [6, 6.07) is 10.2. The molecule has 7 nitrogen and oxygen atoms in total. The number of carbonyl (C=O) groups is 1. The third kappa shape index (κ3) is 5.16. The Hall–Kier alpha value is -2.82. The summed E-state index contributed by atoms with van der Waals surface area (Å²) >= 11 is 0. The average Bonchev–Trinajstić information content (AvgIpc) is 2.87. The van der Waals surface area contributed by atoms with Crippen LogP contribution >= 0.6 is 0 Å². The van der Waals surface area contributed by atoms with Crippen LogP contribution < -0.4 is 15.0 Å². The lowest BCUT2D eigenvalue weighted by molar-refractivity contribution is -0.184. The van der Waals surface area contributed by atoms with Gasteiger partial charge in [-0.3, -0.25) is 4.79 Å². The Morgan fingerprint density at radius 2 is 1.69 bits per heavy atom. The first-order valence-electron chi connectivity index (χ1n) is 12.3. The maximum atomic E-state index is 13.6. The van der Waals surface area contributed by atoms with Gasteiger partial charge in [0.05, 0.1) is 24.3 Å². The third-order valence-corrected chi connectivity index (χ3v) is 7.12. The normalized spacial score (nSPS) is 20.7. The van der Waals surface area contributed by atoms with Crippen LogP contribution in [-0.4, -0.2) is 74.5 Å². The van der Waals surface area contributed by atoms with Gasteiger partial charge in [-0.1, -0.05) is 6.07 Å². The lowest BCUT2D eigenvalue weighted by Gasteiger charge is -2.39. The topological polar surface area (TPSA) is 74.3 Å². The molecule has 2 N–H and O–H groups in total. The van der Waals surface area contributed by atoms with Crippen molar-refractivity contribution >= 4 is 11.6 Å². The predicted octanol–water partition coefficient (Wildman–Crippen LogP) is 3.02. The minimum atomic E-state index is -4.38. The van der Waals surface area contributed by atoms with E-state index in [1.807, 2.05) is 12.1 Å². The molecule has 0 aliphatic carbocycles. The van der Waals surface area contributed by atoms with Crippen molar-refractivity contribution in [2.45, 2.75) is 30.7 Å². The number of anilines is 1. The van der Waals surface area contributed by atoms with Crippen molar-refractivity contribution in [1.29, 1.82) is 0 Å². The number of amides is 1. The first-order valence-corrected chi connectivity index (χ1v) is 12.3. The Balaban J connectivity index is 1.26. The van der Waals surface area contributed by atoms with Crippen molar-refractivity contribution in [3.05, 3.63) is 59.2 Å². The summed E-state index contributed by atoms with van der Waals surface area (Å²) in [6.45, 7) is 4.63. The zero-order valence-electron chi connectivity index (χ0n) is 19.9. The molecule has 0 spiro atoms. The first kappa shape index (κ1) is 24.9. The number of piperazine rings is 1. The van der Waals surface area contributed by atoms with Crippen LogP contribution in [0.25, 0.3) is 0 Å². The monoisotopic (exact) mass is 505 g/mol. The van der Waals surface area contributed by atoms with E-state index in [2.05, 4.69) is 10.2 Å². The second-order valence-electron chi connectivity index (χ2n) is 9.62. The summed E-state index contributed by atoms with van der Waals surface area (Å²) in [5.41, 5.74) is 0.452. The molecule has 0 saturated carbocycles. The van der Waals surface area contributed by atoms with E-state index in [0.717, 1.165) is 49.6 Å². The lowest BCUT2D eigenvalue weighted by atomic mass is 9.90. The number of hydrogen-bond acceptors (Lipinski definition) is 6. The molecule has 3 heterocycles. The van der Waals surface area contributed by atoms with E-state index < -0.39 is 17.3 Å². The highest BCUT2D eigenvalue weighted by molar-refractivity contribution is 6.00. The van der Waals surface area contributed by atoms with Crippen molar-refractivity contribution in [3.63, 3.8) is 0 Å². The molecule has 0 aromatic heterocycles. The quantitative estimate of drug-likeness (QED) is 0.651. The molecule has 36 heavy (non-hydrogen) atoms. The van der Waals surface area contributed by atoms with Gasteiger partial charge in [0.1, 0.15) is 17.5 Å². The number of nitrogens with one attached hydrogen (secondary N) is 1. The summed E-state index contributed by atoms with van der Waals surface area (Å²) in [5, 5.41) is 14.1. The van der Waals surface area contributed by atoms with Gasteiger partial charge in [-0.2, -0.15) is 13.2 Å². The van der Waals surface area contributed by atoms with E-state index in [1.165, 1.54) is 12.1 Å². The average molecular weight is 506 g/mol. The summed E-state index contributed by atoms with van der Waals surface area (Å²) < 4.78 is 49.5. The smallest absolute Gasteiger partial charge is 0.416 e. The zero-order valence-corrected chi connectivity index (χ0v) is 19.9. The van der Waals surface area contributed by atoms with Gasteiger partial charge in [0, 0.05) is 57.8 Å². The lowest BCUT2D eigenvalue weighted by Crippen LogP contribution is -2.48. The molecule has 0 bridgehead atoms. The Kier molecular flexibility index (Phi) is 6.84. The van der Waals surface area contributed by atoms with Crippen molar-refractivity contribution in [1.82, 2.24) is 10.2 Å². The molecule has 2 aromatic carbocycles. The molecule has 1 amide bonds. The number of piperidine rings is 1. The molecular formula is C26H30F3N3O4. The van der Waals surface area contributed by atoms with Crippen molar-refractivity contribution < 1.29 is 32.5 Å². The molecule has 3 saturated heterocycles. The van der Waals surface area contributed by atoms with Gasteiger partial charge in [0.2, 0.25) is 0 Å². The van der Waals surface area contributed by atoms with Gasteiger partial charge in [0.25, 0.3) is 5.91 Å². The standard InChI is InChI=1S/C26H30F3N3O4/c27-26(28,29)18-1-4-20(5-2-18)36-21-7-11-32(12-8-21)24(33)22-6-3-19(25(34)16-35-17-25)15-23(22)31-13-9-30-10-14-31/h1-6,15,21,30,34H,7-14,16-17H2. The van der Waals surface area contributed by atoms with Crippen molar-refractivity contribution in [2.24, 2.45) is 0 Å². The fourth-order valence-corrected chi connectivity index (χ4v) is 4.89. The van der Waals surface area contributed by atoms with Crippen molar-refractivity contribution in [3.8, 4) is 5.75 Å². The second-order valence-corrected chi connectivity index (χ2v) is 9.62. The van der Waals surface area contributed by atoms with Crippen LogP contribution in [0.2, 0.25) is 0 Å². The van der Waals surface area contributed by atoms with Gasteiger partial charge < -0.3 is 29.7 Å². The molecule has 10 heteroatoms. The number of halogens is 3. The third-order valence-electron chi connectivity index (χ3n) is 7.12. The van der Waals surface area contributed by atoms with Gasteiger partial charge in [0.15, 0.2) is 0 Å². The number of alkyl halides is 3. The number of hydrogen-bond donors (Lipinski definition) is 2. The molecule has 3 aliphatic heterocycles. The van der Waals surface area contributed by atoms with E-state index in [4.69, 9.17) is 9.47 Å². The highest BCUT2D eigenvalue weighted by atomic mass is 19.4. The number of rotatable bonds is 5. The number of benzene rings is 2. The summed E-state index contributed by atoms with van der Waals surface area (Å²) in [5.74, 6) is 0.321. The number of ether oxygens (including phenoxy) is 2. The molecule has 194 valence electrons. The van der Waals surface area contributed by atoms with Gasteiger partial charge >= 0.3 is 6.18 Å².